The quantitative estimate of drug-likeness (QED) is 0.630. The topological polar surface area (TPSA) is 18.5 Å². The van der Waals surface area contributed by atoms with Gasteiger partial charge in [0.15, 0.2) is 0 Å². The number of hydrogen-bond acceptors (Lipinski definition) is 4. The lowest BCUT2D eigenvalue weighted by atomic mass is 10.2. The first kappa shape index (κ1) is 12.9. The zero-order valence-electron chi connectivity index (χ0n) is 9.64. The molecule has 0 aromatic heterocycles. The van der Waals surface area contributed by atoms with Gasteiger partial charge in [0.1, 0.15) is 0 Å². The molecular weight excluding hydrogens is 225 g/mol. The first-order valence-corrected chi connectivity index (χ1v) is 5.63. The Morgan fingerprint density at radius 1 is 1.25 bits per heavy atom. The van der Waals surface area contributed by atoms with Crippen LogP contribution in [0.25, 0.3) is 5.70 Å². The van der Waals surface area contributed by atoms with Crippen LogP contribution in [0.2, 0.25) is 0 Å². The Morgan fingerprint density at radius 2 is 1.88 bits per heavy atom. The molecule has 0 aliphatic heterocycles. The second-order valence-electron chi connectivity index (χ2n) is 3.39. The summed E-state index contributed by atoms with van der Waals surface area (Å²) >= 11 is 1.39. The molecule has 0 fully saturated rings. The summed E-state index contributed by atoms with van der Waals surface area (Å²) < 4.78 is 18.1. The summed E-state index contributed by atoms with van der Waals surface area (Å²) in [4.78, 5) is 0. The first-order chi connectivity index (χ1) is 7.61. The van der Waals surface area contributed by atoms with Crippen molar-refractivity contribution in [3.8, 4) is 0 Å². The van der Waals surface area contributed by atoms with E-state index < -0.39 is 0 Å². The van der Waals surface area contributed by atoms with Gasteiger partial charge in [0.25, 0.3) is 0 Å². The molecule has 0 aliphatic rings. The molecule has 0 saturated carbocycles. The maximum absolute atomic E-state index is 13.3. The lowest BCUT2D eigenvalue weighted by Crippen LogP contribution is -2.11. The third-order valence-electron chi connectivity index (χ3n) is 1.83. The zero-order valence-corrected chi connectivity index (χ0v) is 10.5. The van der Waals surface area contributed by atoms with Crippen molar-refractivity contribution in [2.45, 2.75) is 0 Å². The first-order valence-electron chi connectivity index (χ1n) is 4.86. The van der Waals surface area contributed by atoms with E-state index in [-0.39, 0.29) is 0 Å². The summed E-state index contributed by atoms with van der Waals surface area (Å²) in [5.41, 5.74) is 1.33. The van der Waals surface area contributed by atoms with E-state index in [0.717, 1.165) is 5.56 Å². The van der Waals surface area contributed by atoms with E-state index in [2.05, 4.69) is 4.72 Å². The maximum atomic E-state index is 13.3. The number of nitrogens with zero attached hydrogens (tertiary/aromatic N) is 2. The van der Waals surface area contributed by atoms with E-state index in [0.29, 0.717) is 10.8 Å². The van der Waals surface area contributed by atoms with Crippen LogP contribution < -0.4 is 4.72 Å². The molecule has 0 amide bonds. The minimum Gasteiger partial charge on any atom is -0.321 e. The van der Waals surface area contributed by atoms with Gasteiger partial charge in [0, 0.05) is 30.9 Å². The van der Waals surface area contributed by atoms with Crippen LogP contribution in [0.4, 0.5) is 4.48 Å². The molecule has 1 aromatic carbocycles. The fourth-order valence-corrected chi connectivity index (χ4v) is 1.52. The van der Waals surface area contributed by atoms with Crippen LogP contribution in [0.3, 0.4) is 0 Å². The van der Waals surface area contributed by atoms with Crippen molar-refractivity contribution in [1.82, 2.24) is 14.1 Å². The molecule has 88 valence electrons. The van der Waals surface area contributed by atoms with E-state index in [1.165, 1.54) is 19.2 Å². The monoisotopic (exact) mass is 241 g/mol. The average molecular weight is 241 g/mol. The van der Waals surface area contributed by atoms with Crippen molar-refractivity contribution in [1.29, 1.82) is 0 Å². The molecule has 0 unspecified atom stereocenters. The Balaban J connectivity index is 2.76. The SMILES string of the molecule is CN(C)SN/C=C(/c1ccccc1)N(C)F. The number of halogens is 1. The normalized spacial score (nSPS) is 11.7. The van der Waals surface area contributed by atoms with Gasteiger partial charge < -0.3 is 4.72 Å². The summed E-state index contributed by atoms with van der Waals surface area (Å²) in [5.74, 6) is 0. The third kappa shape index (κ3) is 4.12. The molecule has 0 radical (unpaired) electrons. The van der Waals surface area contributed by atoms with Crippen LogP contribution in [0.5, 0.6) is 0 Å². The smallest absolute Gasteiger partial charge is 0.0922 e. The molecule has 16 heavy (non-hydrogen) atoms. The van der Waals surface area contributed by atoms with Gasteiger partial charge in [-0.25, -0.2) is 9.43 Å². The second kappa shape index (κ2) is 6.40. The minimum absolute atomic E-state index is 0.495. The number of hydrogen-bond donors (Lipinski definition) is 1. The highest BCUT2D eigenvalue weighted by atomic mass is 32.2. The third-order valence-corrected chi connectivity index (χ3v) is 2.42. The van der Waals surface area contributed by atoms with Gasteiger partial charge in [0.05, 0.1) is 5.70 Å². The van der Waals surface area contributed by atoms with Crippen LogP contribution in [0.15, 0.2) is 36.5 Å². The predicted molar refractivity (Wildman–Crippen MR) is 67.7 cm³/mol. The highest BCUT2D eigenvalue weighted by Gasteiger charge is 2.05. The molecule has 0 heterocycles. The Hall–Kier alpha value is -1.20. The van der Waals surface area contributed by atoms with Crippen molar-refractivity contribution < 1.29 is 4.48 Å². The Morgan fingerprint density at radius 3 is 2.38 bits per heavy atom. The largest absolute Gasteiger partial charge is 0.321 e. The van der Waals surface area contributed by atoms with E-state index in [4.69, 9.17) is 0 Å². The standard InChI is InChI=1S/C11H16FN3S/c1-14(2)16-13-9-11(15(3)12)10-7-5-4-6-8-10/h4-9,13H,1-3H3/b11-9-. The maximum Gasteiger partial charge on any atom is 0.0922 e. The highest BCUT2D eigenvalue weighted by molar-refractivity contribution is 7.95. The molecule has 1 N–H and O–H groups in total. The fraction of sp³-hybridized carbons (Fsp3) is 0.273. The van der Waals surface area contributed by atoms with Crippen LogP contribution in [-0.4, -0.2) is 30.6 Å². The average Bonchev–Trinajstić information content (AvgIpc) is 2.25. The van der Waals surface area contributed by atoms with Gasteiger partial charge in [-0.3, -0.25) is 0 Å². The van der Waals surface area contributed by atoms with Crippen LogP contribution in [-0.2, 0) is 0 Å². The molecular formula is C11H16FN3S. The molecule has 3 nitrogen and oxygen atoms in total. The molecule has 1 aromatic rings. The number of nitrogens with one attached hydrogen (secondary N) is 1. The Bertz CT molecular complexity index is 338. The lowest BCUT2D eigenvalue weighted by molar-refractivity contribution is 0.145. The second-order valence-corrected chi connectivity index (χ2v) is 4.54. The summed E-state index contributed by atoms with van der Waals surface area (Å²) in [6.07, 6.45) is 1.64. The summed E-state index contributed by atoms with van der Waals surface area (Å²) in [6, 6.07) is 9.40. The molecule has 0 aliphatic carbocycles. The van der Waals surface area contributed by atoms with Gasteiger partial charge in [-0.2, -0.15) is 0 Å². The van der Waals surface area contributed by atoms with E-state index in [1.54, 1.807) is 6.20 Å². The van der Waals surface area contributed by atoms with Crippen molar-refractivity contribution in [2.75, 3.05) is 21.1 Å². The van der Waals surface area contributed by atoms with Crippen molar-refractivity contribution in [3.63, 3.8) is 0 Å². The molecule has 0 bridgehead atoms. The van der Waals surface area contributed by atoms with Crippen molar-refractivity contribution in [3.05, 3.63) is 42.1 Å². The van der Waals surface area contributed by atoms with Crippen molar-refractivity contribution >= 4 is 17.8 Å². The van der Waals surface area contributed by atoms with Gasteiger partial charge in [-0.05, 0) is 14.1 Å². The highest BCUT2D eigenvalue weighted by Crippen LogP contribution is 2.17. The fourth-order valence-electron chi connectivity index (χ4n) is 1.15. The van der Waals surface area contributed by atoms with Crippen LogP contribution >= 0.6 is 12.1 Å². The van der Waals surface area contributed by atoms with Crippen LogP contribution in [0.1, 0.15) is 5.56 Å². The minimum atomic E-state index is 0.495. The molecule has 5 heteroatoms. The van der Waals surface area contributed by atoms with Gasteiger partial charge in [-0.15, -0.1) is 4.48 Å². The Kier molecular flexibility index (Phi) is 5.14. The van der Waals surface area contributed by atoms with E-state index >= 15 is 0 Å². The van der Waals surface area contributed by atoms with Gasteiger partial charge in [-0.1, -0.05) is 30.3 Å². The molecule has 0 atom stereocenters. The Labute approximate surface area is 100 Å². The van der Waals surface area contributed by atoms with Crippen molar-refractivity contribution in [2.24, 2.45) is 0 Å². The van der Waals surface area contributed by atoms with Crippen LogP contribution in [0, 0.1) is 0 Å². The zero-order chi connectivity index (χ0) is 12.0. The van der Waals surface area contributed by atoms with Gasteiger partial charge >= 0.3 is 0 Å². The molecule has 0 spiro atoms. The number of benzene rings is 1. The number of rotatable bonds is 5. The molecule has 1 rings (SSSR count). The molecule has 0 saturated heterocycles. The summed E-state index contributed by atoms with van der Waals surface area (Å²) in [6.45, 7) is 0. The summed E-state index contributed by atoms with van der Waals surface area (Å²) in [5, 5.41) is 0.596. The van der Waals surface area contributed by atoms with Gasteiger partial charge in [0.2, 0.25) is 0 Å². The summed E-state index contributed by atoms with van der Waals surface area (Å²) in [7, 11) is 5.19. The predicted octanol–water partition coefficient (Wildman–Crippen LogP) is 2.52. The lowest BCUT2D eigenvalue weighted by Gasteiger charge is -2.14. The van der Waals surface area contributed by atoms with E-state index in [9.17, 15) is 4.48 Å². The van der Waals surface area contributed by atoms with E-state index in [1.807, 2.05) is 48.7 Å².